The summed E-state index contributed by atoms with van der Waals surface area (Å²) >= 11 is 0. The lowest BCUT2D eigenvalue weighted by molar-refractivity contribution is -0.156. The Hall–Kier alpha value is -3.32. The standard InChI is InChI=1S/C10H13NO2.C8H7F6N3O2/c1-3-11(8(2)12)9-4-6-10(13)7-5-9;1-4-15-5(18-2-7(9,10)11)17-6(16-4)19-3-8(12,13)14/h4-7,13H,3H2,1-2H3;2-3H2,1H3. The number of anilines is 1. The molecular weight excluding hydrogens is 450 g/mol. The van der Waals surface area contributed by atoms with Crippen molar-refractivity contribution in [1.82, 2.24) is 15.0 Å². The Morgan fingerprint density at radius 2 is 1.38 bits per heavy atom. The molecule has 178 valence electrons. The molecule has 1 aromatic heterocycles. The average molecular weight is 470 g/mol. The first-order valence-electron chi connectivity index (χ1n) is 8.89. The van der Waals surface area contributed by atoms with E-state index in [4.69, 9.17) is 5.11 Å². The number of carbonyl (C=O) groups is 1. The number of alkyl halides is 6. The van der Waals surface area contributed by atoms with Crippen molar-refractivity contribution in [3.8, 4) is 17.8 Å². The van der Waals surface area contributed by atoms with E-state index in [1.807, 2.05) is 6.92 Å². The Kier molecular flexibility index (Phi) is 9.47. The molecule has 0 saturated heterocycles. The molecule has 0 aliphatic rings. The molecule has 2 aromatic rings. The number of carbonyl (C=O) groups excluding carboxylic acids is 1. The van der Waals surface area contributed by atoms with Crippen LogP contribution in [0.2, 0.25) is 0 Å². The van der Waals surface area contributed by atoms with Gasteiger partial charge in [-0.25, -0.2) is 0 Å². The Morgan fingerprint density at radius 1 is 0.938 bits per heavy atom. The summed E-state index contributed by atoms with van der Waals surface area (Å²) in [6.07, 6.45) is -9.24. The molecule has 0 bridgehead atoms. The van der Waals surface area contributed by atoms with Gasteiger partial charge in [-0.05, 0) is 38.1 Å². The maximum absolute atomic E-state index is 11.9. The van der Waals surface area contributed by atoms with Crippen LogP contribution in [0.4, 0.5) is 32.0 Å². The summed E-state index contributed by atoms with van der Waals surface area (Å²) in [7, 11) is 0. The van der Waals surface area contributed by atoms with Gasteiger partial charge in [-0.1, -0.05) is 0 Å². The van der Waals surface area contributed by atoms with E-state index < -0.39 is 37.6 Å². The molecule has 1 aromatic carbocycles. The van der Waals surface area contributed by atoms with Gasteiger partial charge in [-0.2, -0.15) is 36.3 Å². The van der Waals surface area contributed by atoms with Crippen molar-refractivity contribution in [2.75, 3.05) is 24.7 Å². The van der Waals surface area contributed by atoms with Crippen molar-refractivity contribution >= 4 is 11.6 Å². The molecule has 14 heteroatoms. The van der Waals surface area contributed by atoms with Crippen molar-refractivity contribution in [1.29, 1.82) is 0 Å². The van der Waals surface area contributed by atoms with E-state index in [2.05, 4.69) is 24.4 Å². The van der Waals surface area contributed by atoms with Crippen molar-refractivity contribution in [3.63, 3.8) is 0 Å². The van der Waals surface area contributed by atoms with Crippen LogP contribution < -0.4 is 14.4 Å². The van der Waals surface area contributed by atoms with Gasteiger partial charge in [-0.15, -0.1) is 4.98 Å². The molecule has 0 saturated carbocycles. The van der Waals surface area contributed by atoms with Crippen LogP contribution in [0, 0.1) is 6.92 Å². The summed E-state index contributed by atoms with van der Waals surface area (Å²) < 4.78 is 79.6. The highest BCUT2D eigenvalue weighted by Crippen LogP contribution is 2.20. The minimum Gasteiger partial charge on any atom is -0.508 e. The first kappa shape index (κ1) is 26.7. The Labute approximate surface area is 178 Å². The molecule has 0 atom stereocenters. The summed E-state index contributed by atoms with van der Waals surface area (Å²) in [6, 6.07) is 5.06. The van der Waals surface area contributed by atoms with Crippen molar-refractivity contribution < 1.29 is 45.7 Å². The number of phenols is 1. The second kappa shape index (κ2) is 11.3. The number of phenolic OH excluding ortho intramolecular Hbond substituents is 1. The van der Waals surface area contributed by atoms with Crippen LogP contribution in [-0.4, -0.2) is 58.1 Å². The number of benzene rings is 1. The highest BCUT2D eigenvalue weighted by molar-refractivity contribution is 5.91. The Bertz CT molecular complexity index is 839. The minimum atomic E-state index is -4.62. The van der Waals surface area contributed by atoms with E-state index in [0.717, 1.165) is 5.69 Å². The van der Waals surface area contributed by atoms with E-state index >= 15 is 0 Å². The molecule has 0 fully saturated rings. The largest absolute Gasteiger partial charge is 0.508 e. The van der Waals surface area contributed by atoms with Crippen LogP contribution >= 0.6 is 0 Å². The SMILES string of the molecule is CCN(C(C)=O)c1ccc(O)cc1.Cc1nc(OCC(F)(F)F)nc(OCC(F)(F)F)n1. The highest BCUT2D eigenvalue weighted by Gasteiger charge is 2.30. The number of halogens is 6. The zero-order valence-corrected chi connectivity index (χ0v) is 17.2. The molecular formula is C18H20F6N4O4. The predicted octanol–water partition coefficient (Wildman–Crippen LogP) is 3.83. The fourth-order valence-corrected chi connectivity index (χ4v) is 2.08. The number of aryl methyl sites for hydroxylation is 1. The monoisotopic (exact) mass is 470 g/mol. The van der Waals surface area contributed by atoms with E-state index in [1.165, 1.54) is 13.8 Å². The van der Waals surface area contributed by atoms with E-state index in [9.17, 15) is 31.1 Å². The van der Waals surface area contributed by atoms with Crippen LogP contribution in [0.25, 0.3) is 0 Å². The van der Waals surface area contributed by atoms with Crippen LogP contribution in [0.1, 0.15) is 19.7 Å². The zero-order valence-electron chi connectivity index (χ0n) is 17.2. The summed E-state index contributed by atoms with van der Waals surface area (Å²) in [4.78, 5) is 22.7. The van der Waals surface area contributed by atoms with E-state index in [-0.39, 0.29) is 17.5 Å². The third-order valence-corrected chi connectivity index (χ3v) is 3.29. The number of hydrogen-bond donors (Lipinski definition) is 1. The fourth-order valence-electron chi connectivity index (χ4n) is 2.08. The molecule has 2 rings (SSSR count). The smallest absolute Gasteiger partial charge is 0.422 e. The Morgan fingerprint density at radius 3 is 1.72 bits per heavy atom. The lowest BCUT2D eigenvalue weighted by Crippen LogP contribution is -2.27. The first-order valence-corrected chi connectivity index (χ1v) is 8.89. The number of hydrogen-bond acceptors (Lipinski definition) is 7. The van der Waals surface area contributed by atoms with Crippen molar-refractivity contribution in [2.45, 2.75) is 33.1 Å². The average Bonchev–Trinajstić information content (AvgIpc) is 2.66. The maximum Gasteiger partial charge on any atom is 0.422 e. The molecule has 8 nitrogen and oxygen atoms in total. The number of amides is 1. The summed E-state index contributed by atoms with van der Waals surface area (Å²) in [6.45, 7) is 1.97. The van der Waals surface area contributed by atoms with Crippen LogP contribution in [0.15, 0.2) is 24.3 Å². The number of aromatic nitrogens is 3. The lowest BCUT2D eigenvalue weighted by Gasteiger charge is -2.18. The van der Waals surface area contributed by atoms with Crippen molar-refractivity contribution in [2.24, 2.45) is 0 Å². The van der Waals surface area contributed by atoms with Gasteiger partial charge < -0.3 is 19.5 Å². The van der Waals surface area contributed by atoms with Gasteiger partial charge in [0.25, 0.3) is 0 Å². The quantitative estimate of drug-likeness (QED) is 0.641. The number of nitrogens with zero attached hydrogens (tertiary/aromatic N) is 4. The summed E-state index contributed by atoms with van der Waals surface area (Å²) in [5, 5.41) is 9.05. The first-order chi connectivity index (χ1) is 14.7. The predicted molar refractivity (Wildman–Crippen MR) is 99.5 cm³/mol. The van der Waals surface area contributed by atoms with E-state index in [1.54, 1.807) is 29.2 Å². The van der Waals surface area contributed by atoms with E-state index in [0.29, 0.717) is 6.54 Å². The third kappa shape index (κ3) is 10.6. The van der Waals surface area contributed by atoms with Gasteiger partial charge in [0.05, 0.1) is 0 Å². The van der Waals surface area contributed by atoms with Crippen LogP contribution in [-0.2, 0) is 4.79 Å². The minimum absolute atomic E-state index is 0.00758. The Balaban J connectivity index is 0.000000343. The molecule has 0 radical (unpaired) electrons. The van der Waals surface area contributed by atoms with Crippen molar-refractivity contribution in [3.05, 3.63) is 30.1 Å². The zero-order chi connectivity index (χ0) is 24.5. The molecule has 1 N–H and O–H groups in total. The van der Waals surface area contributed by atoms with Gasteiger partial charge in [-0.3, -0.25) is 4.79 Å². The molecule has 0 spiro atoms. The van der Waals surface area contributed by atoms with Gasteiger partial charge in [0.15, 0.2) is 13.2 Å². The second-order valence-corrected chi connectivity index (χ2v) is 6.04. The number of aromatic hydroxyl groups is 1. The lowest BCUT2D eigenvalue weighted by atomic mass is 10.2. The van der Waals surface area contributed by atoms with Gasteiger partial charge in [0.2, 0.25) is 5.91 Å². The van der Waals surface area contributed by atoms with Gasteiger partial charge >= 0.3 is 24.4 Å². The molecule has 0 aliphatic heterocycles. The molecule has 0 unspecified atom stereocenters. The van der Waals surface area contributed by atoms with Crippen LogP contribution in [0.3, 0.4) is 0 Å². The molecule has 1 heterocycles. The van der Waals surface area contributed by atoms with Crippen LogP contribution in [0.5, 0.6) is 17.8 Å². The number of rotatable bonds is 6. The molecule has 1 amide bonds. The normalized spacial score (nSPS) is 11.3. The third-order valence-electron chi connectivity index (χ3n) is 3.29. The number of ether oxygens (including phenoxy) is 2. The molecule has 0 aliphatic carbocycles. The van der Waals surface area contributed by atoms with Gasteiger partial charge in [0.1, 0.15) is 11.6 Å². The highest BCUT2D eigenvalue weighted by atomic mass is 19.4. The van der Waals surface area contributed by atoms with Gasteiger partial charge in [0, 0.05) is 19.2 Å². The fraction of sp³-hybridized carbons (Fsp3) is 0.444. The maximum atomic E-state index is 11.9. The second-order valence-electron chi connectivity index (χ2n) is 6.04. The summed E-state index contributed by atoms with van der Waals surface area (Å²) in [5.74, 6) is 0.0842. The topological polar surface area (TPSA) is 97.7 Å². The molecule has 32 heavy (non-hydrogen) atoms. The summed E-state index contributed by atoms with van der Waals surface area (Å²) in [5.41, 5.74) is 0.813.